The zero-order valence-electron chi connectivity index (χ0n) is 11.7. The minimum absolute atomic E-state index is 0.0547. The number of rotatable bonds is 6. The summed E-state index contributed by atoms with van der Waals surface area (Å²) in [6.07, 6.45) is -1.08. The van der Waals surface area contributed by atoms with Gasteiger partial charge in [-0.2, -0.15) is 0 Å². The van der Waals surface area contributed by atoms with Gasteiger partial charge in [-0.25, -0.2) is 8.42 Å². The lowest BCUT2D eigenvalue weighted by Gasteiger charge is -2.32. The number of ether oxygens (including phenoxy) is 1. The maximum atomic E-state index is 12.0. The molecule has 118 valence electrons. The van der Waals surface area contributed by atoms with Crippen LogP contribution < -0.4 is 10.6 Å². The monoisotopic (exact) mass is 380 g/mol. The minimum Gasteiger partial charge on any atom is -0.370 e. The molecule has 2 amide bonds. The molecule has 0 saturated carbocycles. The van der Waals surface area contributed by atoms with E-state index in [-0.39, 0.29) is 24.0 Å². The minimum atomic E-state index is -3.00. The van der Waals surface area contributed by atoms with Gasteiger partial charge in [0.15, 0.2) is 9.84 Å². The Morgan fingerprint density at radius 1 is 1.43 bits per heavy atom. The summed E-state index contributed by atoms with van der Waals surface area (Å²) in [5.41, 5.74) is 0. The number of carbonyl (C=O) groups excluding carboxylic acids is 2. The molecule has 1 aliphatic rings. The second-order valence-electron chi connectivity index (χ2n) is 4.71. The third kappa shape index (κ3) is 6.03. The number of hydrogen-bond donors (Lipinski definition) is 2. The van der Waals surface area contributed by atoms with Crippen molar-refractivity contribution in [1.29, 1.82) is 0 Å². The first-order chi connectivity index (χ1) is 9.75. The van der Waals surface area contributed by atoms with Crippen molar-refractivity contribution in [2.75, 3.05) is 18.1 Å². The zero-order chi connectivity index (χ0) is 16.0. The summed E-state index contributed by atoms with van der Waals surface area (Å²) in [6.45, 7) is 3.03. The summed E-state index contributed by atoms with van der Waals surface area (Å²) in [6, 6.07) is -0.900. The van der Waals surface area contributed by atoms with E-state index >= 15 is 0 Å². The highest BCUT2D eigenvalue weighted by Crippen LogP contribution is 2.17. The number of nitrogens with one attached hydrogen (secondary N) is 2. The maximum Gasteiger partial charge on any atom is 0.246 e. The van der Waals surface area contributed by atoms with Crippen molar-refractivity contribution in [3.8, 4) is 10.8 Å². The molecule has 1 rings (SSSR count). The van der Waals surface area contributed by atoms with Gasteiger partial charge in [0.05, 0.1) is 30.3 Å². The smallest absolute Gasteiger partial charge is 0.246 e. The van der Waals surface area contributed by atoms with Gasteiger partial charge in [-0.3, -0.25) is 9.59 Å². The Kier molecular flexibility index (Phi) is 6.64. The van der Waals surface area contributed by atoms with E-state index in [2.05, 4.69) is 37.3 Å². The van der Waals surface area contributed by atoms with Crippen molar-refractivity contribution >= 4 is 37.6 Å². The van der Waals surface area contributed by atoms with Gasteiger partial charge in [-0.15, -0.1) is 0 Å². The predicted octanol–water partition coefficient (Wildman–Crippen LogP) is -0.835. The SMILES string of the molecule is CC(=O)N[C@H](C(=O)NCC#CBr)[C@@H](C)OC1CS(=O)(=O)C1. The predicted molar refractivity (Wildman–Crippen MR) is 80.3 cm³/mol. The lowest BCUT2D eigenvalue weighted by atomic mass is 10.1. The molecule has 2 N–H and O–H groups in total. The Balaban J connectivity index is 2.60. The summed E-state index contributed by atoms with van der Waals surface area (Å²) in [4.78, 5) is 25.6. The van der Waals surface area contributed by atoms with Crippen LogP contribution in [-0.4, -0.2) is 56.5 Å². The van der Waals surface area contributed by atoms with Crippen LogP contribution in [0.4, 0.5) is 0 Å². The summed E-state index contributed by atoms with van der Waals surface area (Å²) in [7, 11) is -3.00. The summed E-state index contributed by atoms with van der Waals surface area (Å²) in [5.74, 6) is 1.68. The first kappa shape index (κ1) is 17.9. The van der Waals surface area contributed by atoms with E-state index in [1.54, 1.807) is 6.92 Å². The lowest BCUT2D eigenvalue weighted by molar-refractivity contribution is -0.133. The van der Waals surface area contributed by atoms with Crippen LogP contribution in [0.1, 0.15) is 13.8 Å². The third-order valence-electron chi connectivity index (χ3n) is 2.82. The molecule has 2 atom stereocenters. The van der Waals surface area contributed by atoms with Crippen molar-refractivity contribution < 1.29 is 22.7 Å². The first-order valence-corrected chi connectivity index (χ1v) is 8.86. The Morgan fingerprint density at radius 2 is 2.05 bits per heavy atom. The van der Waals surface area contributed by atoms with Crippen LogP contribution >= 0.6 is 15.9 Å². The van der Waals surface area contributed by atoms with Crippen LogP contribution in [0, 0.1) is 10.8 Å². The van der Waals surface area contributed by atoms with Crippen LogP contribution in [-0.2, 0) is 24.2 Å². The van der Waals surface area contributed by atoms with Crippen molar-refractivity contribution in [3.05, 3.63) is 0 Å². The average molecular weight is 381 g/mol. The number of amides is 2. The van der Waals surface area contributed by atoms with E-state index in [1.165, 1.54) is 6.92 Å². The molecule has 7 nitrogen and oxygen atoms in total. The zero-order valence-corrected chi connectivity index (χ0v) is 14.1. The Morgan fingerprint density at radius 3 is 2.52 bits per heavy atom. The number of hydrogen-bond acceptors (Lipinski definition) is 5. The summed E-state index contributed by atoms with van der Waals surface area (Å²) >= 11 is 2.90. The molecule has 1 fully saturated rings. The highest BCUT2D eigenvalue weighted by atomic mass is 79.9. The van der Waals surface area contributed by atoms with Gasteiger partial charge in [0.2, 0.25) is 11.8 Å². The normalized spacial score (nSPS) is 19.4. The van der Waals surface area contributed by atoms with Gasteiger partial charge >= 0.3 is 0 Å². The molecule has 0 bridgehead atoms. The molecular formula is C12H17BrN2O5S. The number of carbonyl (C=O) groups is 2. The van der Waals surface area contributed by atoms with Gasteiger partial charge in [-0.1, -0.05) is 5.92 Å². The Bertz CT molecular complexity index is 554. The van der Waals surface area contributed by atoms with Gasteiger partial charge in [0, 0.05) is 22.9 Å². The van der Waals surface area contributed by atoms with Crippen LogP contribution in [0.5, 0.6) is 0 Å². The highest BCUT2D eigenvalue weighted by Gasteiger charge is 2.37. The fourth-order valence-corrected chi connectivity index (χ4v) is 3.20. The molecule has 0 radical (unpaired) electrons. The van der Waals surface area contributed by atoms with Crippen LogP contribution in [0.25, 0.3) is 0 Å². The summed E-state index contributed by atoms with van der Waals surface area (Å²) in [5, 5.41) is 5.04. The van der Waals surface area contributed by atoms with Crippen molar-refractivity contribution in [2.45, 2.75) is 32.1 Å². The van der Waals surface area contributed by atoms with Crippen LogP contribution in [0.2, 0.25) is 0 Å². The van der Waals surface area contributed by atoms with Gasteiger partial charge in [-0.05, 0) is 11.8 Å². The number of sulfone groups is 1. The van der Waals surface area contributed by atoms with E-state index in [4.69, 9.17) is 4.74 Å². The topological polar surface area (TPSA) is 102 Å². The van der Waals surface area contributed by atoms with Crippen molar-refractivity contribution in [2.24, 2.45) is 0 Å². The van der Waals surface area contributed by atoms with E-state index < -0.39 is 34.0 Å². The van der Waals surface area contributed by atoms with Crippen LogP contribution in [0.3, 0.4) is 0 Å². The molecule has 0 aromatic carbocycles. The lowest BCUT2D eigenvalue weighted by Crippen LogP contribution is -2.55. The second-order valence-corrected chi connectivity index (χ2v) is 7.26. The molecule has 0 aromatic rings. The summed E-state index contributed by atoms with van der Waals surface area (Å²) < 4.78 is 27.7. The van der Waals surface area contributed by atoms with Gasteiger partial charge in [0.25, 0.3) is 0 Å². The fourth-order valence-electron chi connectivity index (χ4n) is 1.87. The molecule has 21 heavy (non-hydrogen) atoms. The van der Waals surface area contributed by atoms with Crippen molar-refractivity contribution in [1.82, 2.24) is 10.6 Å². The molecule has 0 aliphatic carbocycles. The van der Waals surface area contributed by atoms with Gasteiger partial charge < -0.3 is 15.4 Å². The second kappa shape index (κ2) is 7.77. The standard InChI is InChI=1S/C12H17BrN2O5S/c1-8(20-10-6-21(18,19)7-10)11(15-9(2)16)12(17)14-5-3-4-13/h8,10-11H,5-7H2,1-2H3,(H,14,17)(H,15,16)/t8-,11+/m1/s1. The van der Waals surface area contributed by atoms with E-state index in [0.29, 0.717) is 0 Å². The first-order valence-electron chi connectivity index (χ1n) is 6.24. The molecule has 0 aromatic heterocycles. The average Bonchev–Trinajstić information content (AvgIpc) is 2.33. The molecule has 9 heteroatoms. The quantitative estimate of drug-likeness (QED) is 0.585. The largest absolute Gasteiger partial charge is 0.370 e. The molecule has 1 heterocycles. The third-order valence-corrected chi connectivity index (χ3v) is 4.85. The molecule has 0 unspecified atom stereocenters. The van der Waals surface area contributed by atoms with E-state index in [1.807, 2.05) is 0 Å². The van der Waals surface area contributed by atoms with Crippen LogP contribution in [0.15, 0.2) is 0 Å². The van der Waals surface area contributed by atoms with E-state index in [0.717, 1.165) is 0 Å². The molecule has 1 saturated heterocycles. The Hall–Kier alpha value is -1.11. The number of halogens is 1. The Labute approximate surface area is 132 Å². The highest BCUT2D eigenvalue weighted by molar-refractivity contribution is 9.12. The fraction of sp³-hybridized carbons (Fsp3) is 0.667. The van der Waals surface area contributed by atoms with Gasteiger partial charge in [0.1, 0.15) is 6.04 Å². The molecular weight excluding hydrogens is 364 g/mol. The van der Waals surface area contributed by atoms with E-state index in [9.17, 15) is 18.0 Å². The van der Waals surface area contributed by atoms with Crippen molar-refractivity contribution in [3.63, 3.8) is 0 Å². The maximum absolute atomic E-state index is 12.0. The molecule has 1 aliphatic heterocycles. The molecule has 0 spiro atoms.